The van der Waals surface area contributed by atoms with Crippen LogP contribution in [0, 0.1) is 0 Å². The third-order valence-electron chi connectivity index (χ3n) is 4.12. The lowest BCUT2D eigenvalue weighted by atomic mass is 9.92. The van der Waals surface area contributed by atoms with Crippen LogP contribution < -0.4 is 10.5 Å². The van der Waals surface area contributed by atoms with Gasteiger partial charge in [-0.1, -0.05) is 18.2 Å². The highest BCUT2D eigenvalue weighted by Crippen LogP contribution is 2.21. The Morgan fingerprint density at radius 1 is 0.875 bits per heavy atom. The van der Waals surface area contributed by atoms with Crippen LogP contribution in [0.1, 0.15) is 29.8 Å². The number of fused-ring (bicyclic) bond motifs is 3. The summed E-state index contributed by atoms with van der Waals surface area (Å²) in [5.74, 6) is 0.201. The molecule has 1 aromatic heterocycles. The van der Waals surface area contributed by atoms with Gasteiger partial charge < -0.3 is 9.32 Å². The Kier molecular flexibility index (Phi) is 4.47. The number of carbonyl (C=O) groups is 1. The van der Waals surface area contributed by atoms with Crippen molar-refractivity contribution in [3.63, 3.8) is 0 Å². The van der Waals surface area contributed by atoms with Crippen LogP contribution >= 0.6 is 0 Å². The van der Waals surface area contributed by atoms with E-state index in [1.165, 1.54) is 6.07 Å². The first-order valence-corrected chi connectivity index (χ1v) is 8.06. The van der Waals surface area contributed by atoms with Crippen molar-refractivity contribution in [2.45, 2.75) is 13.8 Å². The SMILES string of the molecule is CCN(CC)c1ccc2ccc(=O)oc2c1.O=C1c2cccc1c2. The van der Waals surface area contributed by atoms with Gasteiger partial charge in [0.05, 0.1) is 0 Å². The van der Waals surface area contributed by atoms with Crippen LogP contribution in [0.4, 0.5) is 5.69 Å². The lowest BCUT2D eigenvalue weighted by Gasteiger charge is -2.20. The Hall–Kier alpha value is -2.88. The number of carbonyl (C=O) groups excluding carboxylic acids is 1. The summed E-state index contributed by atoms with van der Waals surface area (Å²) in [6.07, 6.45) is 0. The van der Waals surface area contributed by atoms with Crippen LogP contribution in [-0.2, 0) is 0 Å². The molecule has 0 amide bonds. The average Bonchev–Trinajstić information content (AvgIpc) is 2.63. The Bertz CT molecular complexity index is 910. The summed E-state index contributed by atoms with van der Waals surface area (Å²) < 4.78 is 5.16. The van der Waals surface area contributed by atoms with Gasteiger partial charge in [-0.15, -0.1) is 0 Å². The second-order valence-corrected chi connectivity index (χ2v) is 5.56. The minimum Gasteiger partial charge on any atom is -0.423 e. The molecule has 5 rings (SSSR count). The molecular formula is C20H19NO3. The first-order chi connectivity index (χ1) is 11.6. The Morgan fingerprint density at radius 3 is 2.08 bits per heavy atom. The molecule has 0 aliphatic heterocycles. The molecule has 0 fully saturated rings. The summed E-state index contributed by atoms with van der Waals surface area (Å²) >= 11 is 0. The van der Waals surface area contributed by atoms with Crippen molar-refractivity contribution in [1.82, 2.24) is 0 Å². The van der Waals surface area contributed by atoms with Gasteiger partial charge in [0.15, 0.2) is 5.78 Å². The molecule has 1 heterocycles. The van der Waals surface area contributed by atoms with Crippen molar-refractivity contribution in [3.8, 4) is 0 Å². The lowest BCUT2D eigenvalue weighted by molar-refractivity contribution is 0.102. The van der Waals surface area contributed by atoms with Crippen LogP contribution in [0.25, 0.3) is 11.0 Å². The predicted molar refractivity (Wildman–Crippen MR) is 95.9 cm³/mol. The predicted octanol–water partition coefficient (Wildman–Crippen LogP) is 3.87. The van der Waals surface area contributed by atoms with Crippen LogP contribution in [0.3, 0.4) is 0 Å². The zero-order chi connectivity index (χ0) is 17.1. The van der Waals surface area contributed by atoms with E-state index in [0.717, 1.165) is 35.3 Å². The summed E-state index contributed by atoms with van der Waals surface area (Å²) in [6.45, 7) is 6.10. The number of rotatable bonds is 3. The molecule has 2 bridgehead atoms. The van der Waals surface area contributed by atoms with Gasteiger partial charge >= 0.3 is 5.63 Å². The van der Waals surface area contributed by atoms with Gasteiger partial charge in [-0.05, 0) is 38.1 Å². The van der Waals surface area contributed by atoms with Crippen LogP contribution in [0.15, 0.2) is 63.8 Å². The highest BCUT2D eigenvalue weighted by molar-refractivity contribution is 6.16. The Morgan fingerprint density at radius 2 is 1.54 bits per heavy atom. The summed E-state index contributed by atoms with van der Waals surface area (Å²) in [5.41, 5.74) is 3.14. The van der Waals surface area contributed by atoms with Crippen LogP contribution in [0.5, 0.6) is 0 Å². The van der Waals surface area contributed by atoms with Crippen LogP contribution in [0.2, 0.25) is 0 Å². The molecular weight excluding hydrogens is 302 g/mol. The zero-order valence-electron chi connectivity index (χ0n) is 13.8. The van der Waals surface area contributed by atoms with E-state index in [9.17, 15) is 9.59 Å². The molecule has 0 spiro atoms. The summed E-state index contributed by atoms with van der Waals surface area (Å²) in [4.78, 5) is 24.0. The number of ketones is 1. The van der Waals surface area contributed by atoms with Crippen molar-refractivity contribution in [1.29, 1.82) is 0 Å². The second kappa shape index (κ2) is 6.71. The van der Waals surface area contributed by atoms with E-state index >= 15 is 0 Å². The van der Waals surface area contributed by atoms with Gasteiger partial charge in [0.2, 0.25) is 0 Å². The van der Waals surface area contributed by atoms with Gasteiger partial charge in [0, 0.05) is 47.4 Å². The third kappa shape index (κ3) is 3.08. The molecule has 0 unspecified atom stereocenters. The zero-order valence-corrected chi connectivity index (χ0v) is 13.8. The molecule has 0 saturated heterocycles. The molecule has 0 atom stereocenters. The van der Waals surface area contributed by atoms with Crippen molar-refractivity contribution in [2.24, 2.45) is 0 Å². The maximum absolute atomic E-state index is 11.1. The quantitative estimate of drug-likeness (QED) is 0.538. The molecule has 2 aliphatic carbocycles. The molecule has 122 valence electrons. The summed E-state index contributed by atoms with van der Waals surface area (Å²) in [5, 5.41) is 0.954. The maximum Gasteiger partial charge on any atom is 0.336 e. The molecule has 0 radical (unpaired) electrons. The largest absolute Gasteiger partial charge is 0.423 e. The van der Waals surface area contributed by atoms with Crippen molar-refractivity contribution in [3.05, 3.63) is 76.1 Å². The van der Waals surface area contributed by atoms with Gasteiger partial charge in [-0.2, -0.15) is 0 Å². The van der Waals surface area contributed by atoms with E-state index in [1.807, 2.05) is 36.4 Å². The topological polar surface area (TPSA) is 50.5 Å². The minimum absolute atomic E-state index is 0.201. The Balaban J connectivity index is 0.000000175. The smallest absolute Gasteiger partial charge is 0.336 e. The van der Waals surface area contributed by atoms with E-state index in [-0.39, 0.29) is 11.4 Å². The highest BCUT2D eigenvalue weighted by Gasteiger charge is 2.17. The van der Waals surface area contributed by atoms with Crippen molar-refractivity contribution >= 4 is 22.4 Å². The lowest BCUT2D eigenvalue weighted by Crippen LogP contribution is -2.21. The van der Waals surface area contributed by atoms with E-state index < -0.39 is 0 Å². The fourth-order valence-electron chi connectivity index (χ4n) is 2.73. The molecule has 0 N–H and O–H groups in total. The molecule has 3 aromatic rings. The van der Waals surface area contributed by atoms with Gasteiger partial charge in [-0.3, -0.25) is 4.79 Å². The highest BCUT2D eigenvalue weighted by atomic mass is 16.4. The molecule has 0 saturated carbocycles. The number of nitrogens with zero attached hydrogens (tertiary/aromatic N) is 1. The summed E-state index contributed by atoms with van der Waals surface area (Å²) in [7, 11) is 0. The van der Waals surface area contributed by atoms with Crippen molar-refractivity contribution in [2.75, 3.05) is 18.0 Å². The standard InChI is InChI=1S/C13H15NO2.C7H4O/c1-3-14(4-2)11-7-5-10-6-8-13(15)16-12(10)9-11;8-7-5-2-1-3-6(7)4-5/h5-9H,3-4H2,1-2H3;1-4H. The first-order valence-electron chi connectivity index (χ1n) is 8.06. The van der Waals surface area contributed by atoms with Crippen LogP contribution in [-0.4, -0.2) is 18.9 Å². The third-order valence-corrected chi connectivity index (χ3v) is 4.12. The average molecular weight is 321 g/mol. The normalized spacial score (nSPS) is 11.5. The first kappa shape index (κ1) is 16.0. The summed E-state index contributed by atoms with van der Waals surface area (Å²) in [6, 6.07) is 16.6. The Labute approximate surface area is 140 Å². The van der Waals surface area contributed by atoms with Gasteiger partial charge in [-0.25, -0.2) is 4.79 Å². The molecule has 2 aliphatic rings. The molecule has 4 nitrogen and oxygen atoms in total. The monoisotopic (exact) mass is 321 g/mol. The van der Waals surface area contributed by atoms with Crippen molar-refractivity contribution < 1.29 is 9.21 Å². The maximum atomic E-state index is 11.1. The van der Waals surface area contributed by atoms with Gasteiger partial charge in [0.25, 0.3) is 0 Å². The fraction of sp³-hybridized carbons (Fsp3) is 0.200. The molecule has 24 heavy (non-hydrogen) atoms. The van der Waals surface area contributed by atoms with E-state index in [1.54, 1.807) is 6.07 Å². The second-order valence-electron chi connectivity index (χ2n) is 5.56. The molecule has 2 aromatic carbocycles. The van der Waals surface area contributed by atoms with E-state index in [0.29, 0.717) is 5.58 Å². The van der Waals surface area contributed by atoms with E-state index in [4.69, 9.17) is 4.42 Å². The van der Waals surface area contributed by atoms with Gasteiger partial charge in [0.1, 0.15) is 5.58 Å². The number of benzene rings is 2. The number of anilines is 1. The van der Waals surface area contributed by atoms with E-state index in [2.05, 4.69) is 24.8 Å². The molecule has 4 heteroatoms. The number of hydrogen-bond donors (Lipinski definition) is 0. The minimum atomic E-state index is -0.302. The fourth-order valence-corrected chi connectivity index (χ4v) is 2.73. The number of hydrogen-bond acceptors (Lipinski definition) is 4.